The molecule has 1 aliphatic heterocycles. The molecule has 0 unspecified atom stereocenters. The number of anilines is 1. The molecule has 0 saturated carbocycles. The number of aromatic nitrogens is 2. The van der Waals surface area contributed by atoms with Crippen LogP contribution in [0, 0.1) is 5.92 Å². The number of nitrogens with zero attached hydrogens (tertiary/aromatic N) is 3. The topological polar surface area (TPSA) is 62.2 Å². The van der Waals surface area contributed by atoms with Gasteiger partial charge in [0, 0.05) is 43.8 Å². The number of hydrogen-bond donors (Lipinski definition) is 2. The van der Waals surface area contributed by atoms with Gasteiger partial charge in [0.1, 0.15) is 0 Å². The van der Waals surface area contributed by atoms with Crippen LogP contribution in [0.2, 0.25) is 0 Å². The molecule has 0 bridgehead atoms. The summed E-state index contributed by atoms with van der Waals surface area (Å²) in [5.74, 6) is 0.435. The minimum absolute atomic E-state index is 0.0638. The van der Waals surface area contributed by atoms with E-state index < -0.39 is 0 Å². The summed E-state index contributed by atoms with van der Waals surface area (Å²) in [6, 6.07) is 4.34. The molecule has 7 heteroatoms. The second-order valence-corrected chi connectivity index (χ2v) is 7.58. The van der Waals surface area contributed by atoms with Crippen LogP contribution in [-0.2, 0) is 13.5 Å². The third-order valence-corrected chi connectivity index (χ3v) is 5.22. The third-order valence-electron chi connectivity index (χ3n) is 4.32. The highest BCUT2D eigenvalue weighted by Crippen LogP contribution is 2.19. The highest BCUT2D eigenvalue weighted by Gasteiger charge is 2.24. The molecule has 0 aliphatic carbocycles. The van der Waals surface area contributed by atoms with Crippen LogP contribution in [0.25, 0.3) is 0 Å². The number of amides is 2. The standard InChI is InChI=1S/C17H25N5OS/c1-13(8-16-4-3-7-24-16)9-18-17(23)20-14-5-6-22(11-14)15-10-19-21(2)12-15/h3-4,7,10,12-14H,5-6,8-9,11H2,1-2H3,(H2,18,20,23)/t13-,14-/m0/s1. The number of hydrogen-bond acceptors (Lipinski definition) is 4. The van der Waals surface area contributed by atoms with E-state index in [9.17, 15) is 4.79 Å². The van der Waals surface area contributed by atoms with E-state index in [0.29, 0.717) is 12.5 Å². The summed E-state index contributed by atoms with van der Waals surface area (Å²) in [5, 5.41) is 12.4. The summed E-state index contributed by atoms with van der Waals surface area (Å²) < 4.78 is 1.80. The summed E-state index contributed by atoms with van der Waals surface area (Å²) in [4.78, 5) is 15.7. The van der Waals surface area contributed by atoms with Gasteiger partial charge in [-0.15, -0.1) is 11.3 Å². The maximum atomic E-state index is 12.1. The van der Waals surface area contributed by atoms with E-state index >= 15 is 0 Å². The van der Waals surface area contributed by atoms with Crippen molar-refractivity contribution in [2.75, 3.05) is 24.5 Å². The molecule has 1 saturated heterocycles. The van der Waals surface area contributed by atoms with Crippen molar-refractivity contribution in [3.63, 3.8) is 0 Å². The highest BCUT2D eigenvalue weighted by atomic mass is 32.1. The van der Waals surface area contributed by atoms with Gasteiger partial charge in [-0.25, -0.2) is 4.79 Å². The molecule has 24 heavy (non-hydrogen) atoms. The molecule has 0 aromatic carbocycles. The molecule has 2 aromatic heterocycles. The van der Waals surface area contributed by atoms with E-state index in [0.717, 1.165) is 31.6 Å². The molecule has 0 spiro atoms. The first-order valence-corrected chi connectivity index (χ1v) is 9.28. The molecule has 130 valence electrons. The number of carbonyl (C=O) groups excluding carboxylic acids is 1. The van der Waals surface area contributed by atoms with Crippen LogP contribution in [0.15, 0.2) is 29.9 Å². The van der Waals surface area contributed by atoms with Gasteiger partial charge in [-0.05, 0) is 30.2 Å². The number of urea groups is 1. The fourth-order valence-electron chi connectivity index (χ4n) is 3.03. The van der Waals surface area contributed by atoms with Gasteiger partial charge < -0.3 is 15.5 Å². The van der Waals surface area contributed by atoms with Crippen LogP contribution >= 0.6 is 11.3 Å². The monoisotopic (exact) mass is 347 g/mol. The van der Waals surface area contributed by atoms with Crippen LogP contribution in [0.3, 0.4) is 0 Å². The van der Waals surface area contributed by atoms with Crippen LogP contribution in [0.1, 0.15) is 18.2 Å². The van der Waals surface area contributed by atoms with E-state index in [1.165, 1.54) is 4.88 Å². The Labute approximate surface area is 146 Å². The number of nitrogens with one attached hydrogen (secondary N) is 2. The first-order valence-electron chi connectivity index (χ1n) is 8.40. The molecule has 1 fully saturated rings. The van der Waals surface area contributed by atoms with Crippen molar-refractivity contribution in [1.29, 1.82) is 0 Å². The largest absolute Gasteiger partial charge is 0.367 e. The van der Waals surface area contributed by atoms with Crippen LogP contribution in [0.5, 0.6) is 0 Å². The van der Waals surface area contributed by atoms with Gasteiger partial charge in [-0.2, -0.15) is 5.10 Å². The second kappa shape index (κ2) is 7.70. The van der Waals surface area contributed by atoms with Crippen LogP contribution < -0.4 is 15.5 Å². The lowest BCUT2D eigenvalue weighted by molar-refractivity contribution is 0.236. The summed E-state index contributed by atoms with van der Waals surface area (Å²) in [7, 11) is 1.92. The SMILES string of the molecule is C[C@H](CNC(=O)N[C@H]1CCN(c2cnn(C)c2)C1)Cc1cccs1. The summed E-state index contributed by atoms with van der Waals surface area (Å²) in [6.45, 7) is 4.65. The Balaban J connectivity index is 1.38. The zero-order valence-corrected chi connectivity index (χ0v) is 15.1. The molecule has 2 N–H and O–H groups in total. The van der Waals surface area contributed by atoms with Crippen molar-refractivity contribution in [1.82, 2.24) is 20.4 Å². The number of thiophene rings is 1. The maximum Gasteiger partial charge on any atom is 0.315 e. The Morgan fingerprint density at radius 2 is 2.42 bits per heavy atom. The van der Waals surface area contributed by atoms with Crippen molar-refractivity contribution < 1.29 is 4.79 Å². The Bertz CT molecular complexity index is 654. The van der Waals surface area contributed by atoms with Gasteiger partial charge in [-0.3, -0.25) is 4.68 Å². The second-order valence-electron chi connectivity index (χ2n) is 6.55. The van der Waals surface area contributed by atoms with Crippen molar-refractivity contribution in [3.8, 4) is 0 Å². The normalized spacial score (nSPS) is 18.6. The molecule has 3 rings (SSSR count). The van der Waals surface area contributed by atoms with E-state index in [-0.39, 0.29) is 12.1 Å². The first kappa shape index (κ1) is 16.8. The average molecular weight is 347 g/mol. The van der Waals surface area contributed by atoms with Gasteiger partial charge in [-0.1, -0.05) is 13.0 Å². The molecular weight excluding hydrogens is 322 g/mol. The quantitative estimate of drug-likeness (QED) is 0.842. The van der Waals surface area contributed by atoms with Crippen molar-refractivity contribution >= 4 is 23.1 Å². The Morgan fingerprint density at radius 3 is 3.12 bits per heavy atom. The summed E-state index contributed by atoms with van der Waals surface area (Å²) in [5.41, 5.74) is 1.12. The van der Waals surface area contributed by atoms with Gasteiger partial charge in [0.15, 0.2) is 0 Å². The van der Waals surface area contributed by atoms with Crippen molar-refractivity contribution in [2.24, 2.45) is 13.0 Å². The Kier molecular flexibility index (Phi) is 5.40. The lowest BCUT2D eigenvalue weighted by Crippen LogP contribution is -2.44. The van der Waals surface area contributed by atoms with Crippen LogP contribution in [-0.4, -0.2) is 41.5 Å². The van der Waals surface area contributed by atoms with Crippen molar-refractivity contribution in [3.05, 3.63) is 34.8 Å². The average Bonchev–Trinajstić information content (AvgIpc) is 3.27. The van der Waals surface area contributed by atoms with E-state index in [2.05, 4.69) is 45.1 Å². The minimum atomic E-state index is -0.0638. The fraction of sp³-hybridized carbons (Fsp3) is 0.529. The predicted octanol–water partition coefficient (Wildman–Crippen LogP) is 2.24. The summed E-state index contributed by atoms with van der Waals surface area (Å²) >= 11 is 1.77. The molecule has 2 atom stereocenters. The Morgan fingerprint density at radius 1 is 1.54 bits per heavy atom. The molecule has 3 heterocycles. The number of carbonyl (C=O) groups is 1. The smallest absolute Gasteiger partial charge is 0.315 e. The lowest BCUT2D eigenvalue weighted by atomic mass is 10.1. The molecule has 2 aromatic rings. The van der Waals surface area contributed by atoms with E-state index in [4.69, 9.17) is 0 Å². The fourth-order valence-corrected chi connectivity index (χ4v) is 3.90. The number of aryl methyl sites for hydroxylation is 1. The zero-order chi connectivity index (χ0) is 16.9. The minimum Gasteiger partial charge on any atom is -0.367 e. The van der Waals surface area contributed by atoms with E-state index in [1.54, 1.807) is 16.0 Å². The van der Waals surface area contributed by atoms with Gasteiger partial charge in [0.05, 0.1) is 11.9 Å². The molecule has 2 amide bonds. The number of rotatable bonds is 6. The first-order chi connectivity index (χ1) is 11.6. The third kappa shape index (κ3) is 4.50. The van der Waals surface area contributed by atoms with Gasteiger partial charge in [0.25, 0.3) is 0 Å². The molecule has 6 nitrogen and oxygen atoms in total. The van der Waals surface area contributed by atoms with Crippen molar-refractivity contribution in [2.45, 2.75) is 25.8 Å². The Hall–Kier alpha value is -2.02. The molecular formula is C17H25N5OS. The maximum absolute atomic E-state index is 12.1. The molecule has 0 radical (unpaired) electrons. The van der Waals surface area contributed by atoms with Gasteiger partial charge in [0.2, 0.25) is 0 Å². The lowest BCUT2D eigenvalue weighted by Gasteiger charge is -2.18. The predicted molar refractivity (Wildman–Crippen MR) is 97.5 cm³/mol. The highest BCUT2D eigenvalue weighted by molar-refractivity contribution is 7.09. The molecule has 1 aliphatic rings. The van der Waals surface area contributed by atoms with Crippen LogP contribution in [0.4, 0.5) is 10.5 Å². The van der Waals surface area contributed by atoms with E-state index in [1.807, 2.05) is 19.4 Å². The summed E-state index contributed by atoms with van der Waals surface area (Å²) in [6.07, 6.45) is 5.85. The van der Waals surface area contributed by atoms with Gasteiger partial charge >= 0.3 is 6.03 Å². The zero-order valence-electron chi connectivity index (χ0n) is 14.2.